The number of nitrogens with zero attached hydrogens (tertiary/aromatic N) is 1. The average molecular weight is 466 g/mol. The van der Waals surface area contributed by atoms with Gasteiger partial charge in [0, 0.05) is 22.3 Å². The smallest absolute Gasteiger partial charge is 0.150 e. The number of hydrogen-bond donors (Lipinski definition) is 0. The molecule has 0 saturated heterocycles. The Labute approximate surface area is 212 Å². The van der Waals surface area contributed by atoms with E-state index >= 15 is 0 Å². The first-order chi connectivity index (χ1) is 17.7. The van der Waals surface area contributed by atoms with E-state index < -0.39 is 0 Å². The lowest BCUT2D eigenvalue weighted by atomic mass is 10.0. The molecule has 0 unspecified atom stereocenters. The number of rotatable bonds is 6. The summed E-state index contributed by atoms with van der Waals surface area (Å²) >= 11 is 0. The summed E-state index contributed by atoms with van der Waals surface area (Å²) in [5, 5.41) is 2.66. The zero-order chi connectivity index (χ0) is 24.5. The number of aryl methyl sites for hydroxylation is 3. The van der Waals surface area contributed by atoms with Crippen molar-refractivity contribution in [2.24, 2.45) is 0 Å². The molecule has 6 rings (SSSR count). The molecule has 174 valence electrons. The van der Waals surface area contributed by atoms with Crippen molar-refractivity contribution in [3.63, 3.8) is 0 Å². The summed E-state index contributed by atoms with van der Waals surface area (Å²) < 4.78 is 0. The zero-order valence-electron chi connectivity index (χ0n) is 20.3. The van der Waals surface area contributed by atoms with E-state index in [-0.39, 0.29) is 0 Å². The molecular weight excluding hydrogens is 438 g/mol. The van der Waals surface area contributed by atoms with E-state index in [1.54, 1.807) is 0 Å². The second-order valence-corrected chi connectivity index (χ2v) is 9.46. The van der Waals surface area contributed by atoms with Crippen molar-refractivity contribution in [1.29, 1.82) is 0 Å². The van der Waals surface area contributed by atoms with E-state index in [9.17, 15) is 4.79 Å². The van der Waals surface area contributed by atoms with Crippen molar-refractivity contribution in [3.05, 3.63) is 137 Å². The second-order valence-electron chi connectivity index (χ2n) is 9.46. The van der Waals surface area contributed by atoms with Gasteiger partial charge in [-0.15, -0.1) is 0 Å². The highest BCUT2D eigenvalue weighted by atomic mass is 16.1. The van der Waals surface area contributed by atoms with Crippen LogP contribution in [0.2, 0.25) is 0 Å². The third-order valence-electron chi connectivity index (χ3n) is 7.08. The van der Waals surface area contributed by atoms with Gasteiger partial charge in [0.25, 0.3) is 0 Å². The second kappa shape index (κ2) is 9.31. The number of anilines is 3. The van der Waals surface area contributed by atoms with Crippen molar-refractivity contribution in [1.82, 2.24) is 0 Å². The molecule has 0 spiro atoms. The van der Waals surface area contributed by atoms with Crippen molar-refractivity contribution >= 4 is 46.3 Å². The molecule has 5 aromatic rings. The van der Waals surface area contributed by atoms with Gasteiger partial charge < -0.3 is 4.90 Å². The van der Waals surface area contributed by atoms with Crippen LogP contribution in [0.4, 0.5) is 17.1 Å². The molecule has 0 atom stereocenters. The van der Waals surface area contributed by atoms with E-state index in [1.165, 1.54) is 33.0 Å². The molecule has 5 aromatic carbocycles. The first kappa shape index (κ1) is 22.1. The molecule has 0 aliphatic heterocycles. The molecule has 0 bridgehead atoms. The molecule has 0 fully saturated rings. The highest BCUT2D eigenvalue weighted by Crippen LogP contribution is 2.42. The lowest BCUT2D eigenvalue weighted by Gasteiger charge is -2.27. The molecule has 2 nitrogen and oxygen atoms in total. The summed E-state index contributed by atoms with van der Waals surface area (Å²) in [5.74, 6) is 0. The Bertz CT molecular complexity index is 1570. The van der Waals surface area contributed by atoms with Crippen LogP contribution in [0, 0.1) is 6.92 Å². The van der Waals surface area contributed by atoms with Gasteiger partial charge in [0.15, 0.2) is 0 Å². The average Bonchev–Trinajstić information content (AvgIpc) is 3.35. The van der Waals surface area contributed by atoms with Crippen LogP contribution in [0.1, 0.15) is 38.2 Å². The molecule has 2 heteroatoms. The van der Waals surface area contributed by atoms with Crippen molar-refractivity contribution in [3.8, 4) is 0 Å². The summed E-state index contributed by atoms with van der Waals surface area (Å²) in [4.78, 5) is 13.6. The van der Waals surface area contributed by atoms with Gasteiger partial charge in [-0.3, -0.25) is 4.79 Å². The monoisotopic (exact) mass is 465 g/mol. The maximum atomic E-state index is 11.3. The van der Waals surface area contributed by atoms with Crippen LogP contribution < -0.4 is 4.90 Å². The van der Waals surface area contributed by atoms with Crippen LogP contribution in [0.25, 0.3) is 22.9 Å². The van der Waals surface area contributed by atoms with Crippen LogP contribution in [0.15, 0.2) is 103 Å². The largest absolute Gasteiger partial charge is 0.310 e. The van der Waals surface area contributed by atoms with Gasteiger partial charge in [-0.2, -0.15) is 0 Å². The molecule has 1 aliphatic carbocycles. The SMILES string of the molecule is Cc1ccc(C=Cc2ccc(N(c3ccc(C=O)cc3)c3ccc4c5c(cccc35)CC4)cc2)cc1. The lowest BCUT2D eigenvalue weighted by Crippen LogP contribution is -2.10. The van der Waals surface area contributed by atoms with Crippen molar-refractivity contribution < 1.29 is 4.79 Å². The number of hydrogen-bond acceptors (Lipinski definition) is 2. The lowest BCUT2D eigenvalue weighted by molar-refractivity contribution is 0.112. The Hall–Kier alpha value is -4.43. The molecule has 0 saturated carbocycles. The van der Waals surface area contributed by atoms with Gasteiger partial charge >= 0.3 is 0 Å². The van der Waals surface area contributed by atoms with E-state index in [1.807, 2.05) is 24.3 Å². The molecule has 36 heavy (non-hydrogen) atoms. The zero-order valence-corrected chi connectivity index (χ0v) is 20.3. The predicted octanol–water partition coefficient (Wildman–Crippen LogP) is 8.70. The minimum absolute atomic E-state index is 0.677. The molecule has 0 radical (unpaired) electrons. The molecule has 1 aliphatic rings. The molecular formula is C34H27NO. The fourth-order valence-electron chi connectivity index (χ4n) is 5.16. The Morgan fingerprint density at radius 2 is 1.17 bits per heavy atom. The highest BCUT2D eigenvalue weighted by Gasteiger charge is 2.20. The normalized spacial score (nSPS) is 12.4. The van der Waals surface area contributed by atoms with Crippen LogP contribution in [-0.4, -0.2) is 6.29 Å². The van der Waals surface area contributed by atoms with Crippen molar-refractivity contribution in [2.45, 2.75) is 19.8 Å². The van der Waals surface area contributed by atoms with Crippen molar-refractivity contribution in [2.75, 3.05) is 4.90 Å². The summed E-state index contributed by atoms with van der Waals surface area (Å²) in [7, 11) is 0. The summed E-state index contributed by atoms with van der Waals surface area (Å²) in [5.41, 5.74) is 10.4. The third kappa shape index (κ3) is 4.12. The minimum Gasteiger partial charge on any atom is -0.310 e. The molecule has 0 N–H and O–H groups in total. The number of benzene rings is 5. The van der Waals surface area contributed by atoms with Crippen LogP contribution in [0.5, 0.6) is 0 Å². The Morgan fingerprint density at radius 3 is 1.78 bits per heavy atom. The Morgan fingerprint density at radius 1 is 0.611 bits per heavy atom. The quantitative estimate of drug-likeness (QED) is 0.185. The first-order valence-electron chi connectivity index (χ1n) is 12.4. The van der Waals surface area contributed by atoms with Gasteiger partial charge in [0.1, 0.15) is 6.29 Å². The summed E-state index contributed by atoms with van der Waals surface area (Å²) in [6.07, 6.45) is 7.39. The van der Waals surface area contributed by atoms with Gasteiger partial charge in [0.05, 0.1) is 5.69 Å². The number of carbonyl (C=O) groups is 1. The van der Waals surface area contributed by atoms with Gasteiger partial charge in [-0.25, -0.2) is 0 Å². The van der Waals surface area contributed by atoms with Gasteiger partial charge in [-0.05, 0) is 89.9 Å². The maximum absolute atomic E-state index is 11.3. The van der Waals surface area contributed by atoms with E-state index in [4.69, 9.17) is 0 Å². The number of aldehydes is 1. The fourth-order valence-corrected chi connectivity index (χ4v) is 5.16. The number of carbonyl (C=O) groups excluding carboxylic acids is 1. The Kier molecular flexibility index (Phi) is 5.71. The van der Waals surface area contributed by atoms with Gasteiger partial charge in [0.2, 0.25) is 0 Å². The highest BCUT2D eigenvalue weighted by molar-refractivity contribution is 6.03. The van der Waals surface area contributed by atoms with E-state index in [0.29, 0.717) is 5.56 Å². The predicted molar refractivity (Wildman–Crippen MR) is 152 cm³/mol. The fraction of sp³-hybridized carbons (Fsp3) is 0.0882. The van der Waals surface area contributed by atoms with Crippen LogP contribution in [0.3, 0.4) is 0 Å². The Balaban J connectivity index is 1.42. The third-order valence-corrected chi connectivity index (χ3v) is 7.08. The first-order valence-corrected chi connectivity index (χ1v) is 12.4. The van der Waals surface area contributed by atoms with E-state index in [2.05, 4.69) is 103 Å². The molecule has 0 aromatic heterocycles. The van der Waals surface area contributed by atoms with Gasteiger partial charge in [-0.1, -0.05) is 78.4 Å². The minimum atomic E-state index is 0.677. The maximum Gasteiger partial charge on any atom is 0.150 e. The summed E-state index contributed by atoms with van der Waals surface area (Å²) in [6, 6.07) is 36.2. The van der Waals surface area contributed by atoms with Crippen LogP contribution >= 0.6 is 0 Å². The van der Waals surface area contributed by atoms with E-state index in [0.717, 1.165) is 41.8 Å². The summed E-state index contributed by atoms with van der Waals surface area (Å²) in [6.45, 7) is 2.10. The van der Waals surface area contributed by atoms with Crippen LogP contribution in [-0.2, 0) is 12.8 Å². The molecule has 0 heterocycles. The molecule has 0 amide bonds. The topological polar surface area (TPSA) is 20.3 Å². The standard InChI is InChI=1S/C34H27NO/c1-24-5-7-25(8-6-24)9-10-26-11-18-30(19-12-26)35(31-20-13-27(23-36)14-21-31)33-22-17-29-16-15-28-3-2-4-32(33)34(28)29/h2-14,17-23H,15-16H2,1H3.